The minimum absolute atomic E-state index is 0.0501. The van der Waals surface area contributed by atoms with Gasteiger partial charge in [0.1, 0.15) is 17.3 Å². The first-order chi connectivity index (χ1) is 18.5. The van der Waals surface area contributed by atoms with Crippen LogP contribution in [-0.4, -0.2) is 84.2 Å². The number of carbonyl (C=O) groups excluding carboxylic acids is 4. The number of thiazole rings is 1. The molecular formula is C24H36N6O8S. The molecule has 216 valence electrons. The van der Waals surface area contributed by atoms with E-state index in [1.54, 1.807) is 20.8 Å². The summed E-state index contributed by atoms with van der Waals surface area (Å²) in [6.07, 6.45) is 1.14. The second-order valence-electron chi connectivity index (χ2n) is 10.1. The zero-order valence-corrected chi connectivity index (χ0v) is 23.4. The molecule has 1 aromatic heterocycles. The zero-order valence-electron chi connectivity index (χ0n) is 22.5. The summed E-state index contributed by atoms with van der Waals surface area (Å²) in [7, 11) is 0. The van der Waals surface area contributed by atoms with E-state index in [-0.39, 0.29) is 55.7 Å². The highest BCUT2D eigenvalue weighted by molar-refractivity contribution is 7.14. The number of aromatic nitrogens is 1. The molecule has 2 aliphatic rings. The SMILES string of the molecule is CCCCOC(=O)C1(O/N=C(\C(=O)N[C@@H]2C(=O)N[C@@H]2CN)c2csc(NC(=O)OC(C)(C)C)n2)CCOCC1. The number of nitrogens with one attached hydrogen (secondary N) is 3. The van der Waals surface area contributed by atoms with Crippen LogP contribution < -0.4 is 21.7 Å². The highest BCUT2D eigenvalue weighted by atomic mass is 32.1. The van der Waals surface area contributed by atoms with Gasteiger partial charge >= 0.3 is 12.1 Å². The van der Waals surface area contributed by atoms with Gasteiger partial charge in [-0.15, -0.1) is 11.3 Å². The molecule has 5 N–H and O–H groups in total. The molecule has 1 aromatic rings. The lowest BCUT2D eigenvalue weighted by molar-refractivity contribution is -0.185. The van der Waals surface area contributed by atoms with E-state index in [1.807, 2.05) is 6.92 Å². The van der Waals surface area contributed by atoms with Crippen molar-refractivity contribution in [1.82, 2.24) is 15.6 Å². The van der Waals surface area contributed by atoms with Gasteiger partial charge in [0.05, 0.1) is 25.9 Å². The minimum Gasteiger partial charge on any atom is -0.463 e. The van der Waals surface area contributed by atoms with Gasteiger partial charge in [-0.3, -0.25) is 14.9 Å². The van der Waals surface area contributed by atoms with Crippen LogP contribution in [0.3, 0.4) is 0 Å². The number of nitrogens with zero attached hydrogens (tertiary/aromatic N) is 2. The van der Waals surface area contributed by atoms with E-state index in [0.717, 1.165) is 17.8 Å². The third kappa shape index (κ3) is 8.10. The number of carbonyl (C=O) groups is 4. The molecule has 0 bridgehead atoms. The number of unbranched alkanes of at least 4 members (excludes halogenated alkanes) is 1. The molecule has 3 heterocycles. The standard InChI is InChI=1S/C24H36N6O8S/c1-5-6-9-36-20(33)24(7-10-35-11-8-24)38-30-17(19(32)28-16-14(12-25)26-18(16)31)15-13-39-21(27-15)29-22(34)37-23(2,3)4/h13-14,16H,5-12,25H2,1-4H3,(H,26,31)(H,28,32)(H,27,29,34)/b30-17-/t14-,16+/m1/s1. The number of β-lactam (4-membered cyclic amide) rings is 1. The first kappa shape index (κ1) is 30.2. The molecule has 0 spiro atoms. The number of hydrogen-bond acceptors (Lipinski definition) is 12. The Morgan fingerprint density at radius 1 is 1.31 bits per heavy atom. The Balaban J connectivity index is 1.87. The molecule has 0 saturated carbocycles. The van der Waals surface area contributed by atoms with Gasteiger partial charge in [-0.25, -0.2) is 14.6 Å². The normalized spacial score (nSPS) is 20.7. The van der Waals surface area contributed by atoms with Crippen molar-refractivity contribution in [2.45, 2.75) is 76.7 Å². The van der Waals surface area contributed by atoms with Gasteiger partial charge in [0.25, 0.3) is 5.91 Å². The number of ether oxygens (including phenoxy) is 3. The molecule has 14 nitrogen and oxygen atoms in total. The van der Waals surface area contributed by atoms with Crippen LogP contribution in [0, 0.1) is 0 Å². The van der Waals surface area contributed by atoms with Crippen LogP contribution in [0.25, 0.3) is 0 Å². The van der Waals surface area contributed by atoms with Gasteiger partial charge in [0.2, 0.25) is 11.5 Å². The number of amides is 3. The van der Waals surface area contributed by atoms with Crippen molar-refractivity contribution in [1.29, 1.82) is 0 Å². The quantitative estimate of drug-likeness (QED) is 0.0985. The molecule has 2 atom stereocenters. The van der Waals surface area contributed by atoms with Gasteiger partial charge in [-0.1, -0.05) is 18.5 Å². The number of rotatable bonds is 11. The lowest BCUT2D eigenvalue weighted by atomic mass is 9.94. The van der Waals surface area contributed by atoms with Crippen LogP contribution >= 0.6 is 11.3 Å². The Morgan fingerprint density at radius 3 is 2.64 bits per heavy atom. The van der Waals surface area contributed by atoms with Crippen LogP contribution in [0.4, 0.5) is 9.93 Å². The van der Waals surface area contributed by atoms with Gasteiger partial charge in [-0.05, 0) is 27.2 Å². The number of anilines is 1. The molecule has 2 saturated heterocycles. The van der Waals surface area contributed by atoms with Crippen molar-refractivity contribution < 1.29 is 38.2 Å². The maximum Gasteiger partial charge on any atom is 0.413 e. The number of oxime groups is 1. The highest BCUT2D eigenvalue weighted by Gasteiger charge is 2.46. The molecule has 0 aromatic carbocycles. The van der Waals surface area contributed by atoms with Crippen molar-refractivity contribution in [2.24, 2.45) is 10.9 Å². The third-order valence-corrected chi connectivity index (χ3v) is 6.60. The number of esters is 1. The molecule has 3 rings (SSSR count). The van der Waals surface area contributed by atoms with E-state index < -0.39 is 47.2 Å². The summed E-state index contributed by atoms with van der Waals surface area (Å²) in [6.45, 7) is 7.95. The lowest BCUT2D eigenvalue weighted by Crippen LogP contribution is -2.71. The first-order valence-corrected chi connectivity index (χ1v) is 13.6. The molecule has 2 aliphatic heterocycles. The summed E-state index contributed by atoms with van der Waals surface area (Å²) in [5.41, 5.74) is 3.22. The summed E-state index contributed by atoms with van der Waals surface area (Å²) in [5, 5.41) is 13.4. The zero-order chi connectivity index (χ0) is 28.6. The molecule has 0 radical (unpaired) electrons. The fraction of sp³-hybridized carbons (Fsp3) is 0.667. The molecule has 39 heavy (non-hydrogen) atoms. The first-order valence-electron chi connectivity index (χ1n) is 12.8. The Bertz CT molecular complexity index is 1080. The Labute approximate surface area is 230 Å². The molecular weight excluding hydrogens is 532 g/mol. The number of nitrogens with two attached hydrogens (primary N) is 1. The van der Waals surface area contributed by atoms with E-state index in [4.69, 9.17) is 24.8 Å². The molecule has 15 heteroatoms. The van der Waals surface area contributed by atoms with Crippen molar-refractivity contribution >= 4 is 46.1 Å². The van der Waals surface area contributed by atoms with Gasteiger partial charge in [0.15, 0.2) is 10.8 Å². The molecule has 3 amide bonds. The van der Waals surface area contributed by atoms with Crippen molar-refractivity contribution in [2.75, 3.05) is 31.7 Å². The third-order valence-electron chi connectivity index (χ3n) is 5.84. The summed E-state index contributed by atoms with van der Waals surface area (Å²) < 4.78 is 16.0. The smallest absolute Gasteiger partial charge is 0.413 e. The maximum absolute atomic E-state index is 13.3. The van der Waals surface area contributed by atoms with Crippen molar-refractivity contribution in [3.05, 3.63) is 11.1 Å². The Hall–Kier alpha value is -3.30. The molecule has 0 unspecified atom stereocenters. The average molecular weight is 569 g/mol. The predicted octanol–water partition coefficient (Wildman–Crippen LogP) is 1.05. The largest absolute Gasteiger partial charge is 0.463 e. The van der Waals surface area contributed by atoms with Gasteiger partial charge in [0, 0.05) is 24.8 Å². The van der Waals surface area contributed by atoms with Crippen LogP contribution in [0.1, 0.15) is 59.1 Å². The van der Waals surface area contributed by atoms with Crippen LogP contribution in [0.15, 0.2) is 10.5 Å². The summed E-state index contributed by atoms with van der Waals surface area (Å²) in [4.78, 5) is 60.5. The predicted molar refractivity (Wildman–Crippen MR) is 141 cm³/mol. The van der Waals surface area contributed by atoms with Crippen molar-refractivity contribution in [3.8, 4) is 0 Å². The monoisotopic (exact) mass is 568 g/mol. The van der Waals surface area contributed by atoms with E-state index in [0.29, 0.717) is 6.42 Å². The molecule has 0 aliphatic carbocycles. The second-order valence-corrected chi connectivity index (χ2v) is 11.0. The van der Waals surface area contributed by atoms with E-state index >= 15 is 0 Å². The minimum atomic E-state index is -1.46. The topological polar surface area (TPSA) is 193 Å². The van der Waals surface area contributed by atoms with Crippen molar-refractivity contribution in [3.63, 3.8) is 0 Å². The Morgan fingerprint density at radius 2 is 2.03 bits per heavy atom. The fourth-order valence-electron chi connectivity index (χ4n) is 3.66. The van der Waals surface area contributed by atoms with E-state index in [9.17, 15) is 19.2 Å². The molecule has 2 fully saturated rings. The maximum atomic E-state index is 13.3. The van der Waals surface area contributed by atoms with Crippen LogP contribution in [-0.2, 0) is 33.4 Å². The van der Waals surface area contributed by atoms with Gasteiger partial charge < -0.3 is 35.4 Å². The summed E-state index contributed by atoms with van der Waals surface area (Å²) >= 11 is 1.02. The second kappa shape index (κ2) is 13.2. The summed E-state index contributed by atoms with van der Waals surface area (Å²) in [5.74, 6) is -1.77. The number of hydrogen-bond donors (Lipinski definition) is 4. The Kier molecular flexibility index (Phi) is 10.2. The summed E-state index contributed by atoms with van der Waals surface area (Å²) in [6, 6.07) is -1.32. The van der Waals surface area contributed by atoms with E-state index in [2.05, 4.69) is 26.1 Å². The highest BCUT2D eigenvalue weighted by Crippen LogP contribution is 2.28. The average Bonchev–Trinajstić information content (AvgIpc) is 3.33. The van der Waals surface area contributed by atoms with Crippen LogP contribution in [0.5, 0.6) is 0 Å². The fourth-order valence-corrected chi connectivity index (χ4v) is 4.34. The van der Waals surface area contributed by atoms with Gasteiger partial charge in [-0.2, -0.15) is 0 Å². The van der Waals surface area contributed by atoms with E-state index in [1.165, 1.54) is 5.38 Å². The lowest BCUT2D eigenvalue weighted by Gasteiger charge is -2.36. The van der Waals surface area contributed by atoms with Crippen LogP contribution in [0.2, 0.25) is 0 Å².